The summed E-state index contributed by atoms with van der Waals surface area (Å²) in [7, 11) is 0. The molecule has 7 heteroatoms. The minimum Gasteiger partial charge on any atom is -0.393 e. The van der Waals surface area contributed by atoms with Crippen LogP contribution >= 0.6 is 11.8 Å². The Balaban J connectivity index is 2.49. The van der Waals surface area contributed by atoms with E-state index in [1.807, 2.05) is 18.4 Å². The number of aromatic nitrogens is 2. The van der Waals surface area contributed by atoms with Gasteiger partial charge in [-0.05, 0) is 25.3 Å². The fourth-order valence-electron chi connectivity index (χ4n) is 2.08. The Kier molecular flexibility index (Phi) is 4.63. The number of thioether (sulfide) groups is 1. The number of rotatable bonds is 4. The van der Waals surface area contributed by atoms with E-state index in [-0.39, 0.29) is 17.7 Å². The molecule has 2 aromatic rings. The third-order valence-corrected chi connectivity index (χ3v) is 3.76. The third-order valence-electron chi connectivity index (χ3n) is 3.01. The van der Waals surface area contributed by atoms with Crippen molar-refractivity contribution in [2.75, 3.05) is 6.26 Å². The molecule has 3 nitrogen and oxygen atoms in total. The molecule has 1 aromatic carbocycles. The molecule has 0 aliphatic carbocycles. The molecule has 0 saturated heterocycles. The van der Waals surface area contributed by atoms with Crippen LogP contribution in [0, 0.1) is 0 Å². The van der Waals surface area contributed by atoms with Gasteiger partial charge in [0.1, 0.15) is 5.69 Å². The van der Waals surface area contributed by atoms with Crippen LogP contribution in [0.3, 0.4) is 0 Å². The van der Waals surface area contributed by atoms with Crippen molar-refractivity contribution in [1.82, 2.24) is 10.2 Å². The van der Waals surface area contributed by atoms with E-state index >= 15 is 0 Å². The van der Waals surface area contributed by atoms with E-state index in [9.17, 15) is 18.3 Å². The number of benzene rings is 1. The Morgan fingerprint density at radius 2 is 1.90 bits per heavy atom. The SMILES string of the molecule is CSc1ccc(-c2n[nH]c(C(F)(F)F)c2CC(C)O)cc1. The summed E-state index contributed by atoms with van der Waals surface area (Å²) in [6.45, 7) is 1.45. The van der Waals surface area contributed by atoms with Gasteiger partial charge in [-0.3, -0.25) is 5.10 Å². The van der Waals surface area contributed by atoms with Crippen molar-refractivity contribution in [3.05, 3.63) is 35.5 Å². The minimum atomic E-state index is -4.52. The standard InChI is InChI=1S/C14H15F3N2OS/c1-8(20)7-11-12(18-19-13(11)14(15,16)17)9-3-5-10(21-2)6-4-9/h3-6,8,20H,7H2,1-2H3,(H,18,19). The lowest BCUT2D eigenvalue weighted by Crippen LogP contribution is -2.13. The fraction of sp³-hybridized carbons (Fsp3) is 0.357. The number of nitrogens with zero attached hydrogens (tertiary/aromatic N) is 1. The average molecular weight is 316 g/mol. The van der Waals surface area contributed by atoms with Gasteiger partial charge in [0.05, 0.1) is 11.8 Å². The van der Waals surface area contributed by atoms with Gasteiger partial charge in [0.15, 0.2) is 0 Å². The van der Waals surface area contributed by atoms with Crippen molar-refractivity contribution in [2.45, 2.75) is 30.5 Å². The molecule has 0 bridgehead atoms. The van der Waals surface area contributed by atoms with Gasteiger partial charge in [0.25, 0.3) is 0 Å². The van der Waals surface area contributed by atoms with Gasteiger partial charge in [0.2, 0.25) is 0 Å². The summed E-state index contributed by atoms with van der Waals surface area (Å²) in [6, 6.07) is 7.11. The maximum atomic E-state index is 13.0. The lowest BCUT2D eigenvalue weighted by atomic mass is 10.0. The maximum Gasteiger partial charge on any atom is 0.433 e. The molecular formula is C14H15F3N2OS. The second kappa shape index (κ2) is 6.11. The number of alkyl halides is 3. The summed E-state index contributed by atoms with van der Waals surface area (Å²) in [5.41, 5.74) is -0.0761. The van der Waals surface area contributed by atoms with E-state index in [2.05, 4.69) is 10.2 Å². The molecule has 21 heavy (non-hydrogen) atoms. The number of aliphatic hydroxyl groups is 1. The quantitative estimate of drug-likeness (QED) is 0.845. The van der Waals surface area contributed by atoms with E-state index in [4.69, 9.17) is 0 Å². The zero-order valence-corrected chi connectivity index (χ0v) is 12.3. The van der Waals surface area contributed by atoms with Crippen LogP contribution in [-0.4, -0.2) is 27.7 Å². The second-order valence-corrected chi connectivity index (χ2v) is 5.58. The third kappa shape index (κ3) is 3.59. The first-order valence-electron chi connectivity index (χ1n) is 6.30. The van der Waals surface area contributed by atoms with Crippen LogP contribution in [0.1, 0.15) is 18.2 Å². The number of hydrogen-bond acceptors (Lipinski definition) is 3. The molecule has 114 valence electrons. The number of H-pyrrole nitrogens is 1. The Bertz CT molecular complexity index is 606. The zero-order chi connectivity index (χ0) is 15.6. The highest BCUT2D eigenvalue weighted by atomic mass is 32.2. The predicted molar refractivity (Wildman–Crippen MR) is 76.2 cm³/mol. The Hall–Kier alpha value is -1.47. The number of nitrogens with one attached hydrogen (secondary N) is 1. The first kappa shape index (κ1) is 15.9. The molecule has 0 spiro atoms. The Morgan fingerprint density at radius 1 is 1.29 bits per heavy atom. The van der Waals surface area contributed by atoms with Gasteiger partial charge in [-0.1, -0.05) is 12.1 Å². The van der Waals surface area contributed by atoms with Crippen molar-refractivity contribution in [3.63, 3.8) is 0 Å². The van der Waals surface area contributed by atoms with Crippen molar-refractivity contribution in [2.24, 2.45) is 0 Å². The summed E-state index contributed by atoms with van der Waals surface area (Å²) in [5, 5.41) is 15.3. The van der Waals surface area contributed by atoms with Crippen LogP contribution in [0.2, 0.25) is 0 Å². The van der Waals surface area contributed by atoms with Crippen molar-refractivity contribution >= 4 is 11.8 Å². The summed E-state index contributed by atoms with van der Waals surface area (Å²) in [6.07, 6.45) is -3.59. The summed E-state index contributed by atoms with van der Waals surface area (Å²) in [5.74, 6) is 0. The molecule has 0 radical (unpaired) electrons. The molecule has 2 N–H and O–H groups in total. The molecular weight excluding hydrogens is 301 g/mol. The van der Waals surface area contributed by atoms with E-state index in [0.717, 1.165) is 4.90 Å². The highest BCUT2D eigenvalue weighted by molar-refractivity contribution is 7.98. The summed E-state index contributed by atoms with van der Waals surface area (Å²) in [4.78, 5) is 1.02. The smallest absolute Gasteiger partial charge is 0.393 e. The Labute approximate surface area is 124 Å². The lowest BCUT2D eigenvalue weighted by Gasteiger charge is -2.10. The molecule has 1 unspecified atom stereocenters. The van der Waals surface area contributed by atoms with E-state index in [1.54, 1.807) is 23.9 Å². The van der Waals surface area contributed by atoms with Crippen LogP contribution in [-0.2, 0) is 12.6 Å². The Morgan fingerprint density at radius 3 is 2.38 bits per heavy atom. The van der Waals surface area contributed by atoms with Gasteiger partial charge >= 0.3 is 6.18 Å². The molecule has 0 amide bonds. The topological polar surface area (TPSA) is 48.9 Å². The molecule has 2 rings (SSSR count). The summed E-state index contributed by atoms with van der Waals surface area (Å²) >= 11 is 1.55. The molecule has 0 aliphatic heterocycles. The van der Waals surface area contributed by atoms with E-state index < -0.39 is 18.0 Å². The van der Waals surface area contributed by atoms with Crippen molar-refractivity contribution in [3.8, 4) is 11.3 Å². The lowest BCUT2D eigenvalue weighted by molar-refractivity contribution is -0.141. The minimum absolute atomic E-state index is 0.00518. The van der Waals surface area contributed by atoms with Crippen LogP contribution in [0.25, 0.3) is 11.3 Å². The van der Waals surface area contributed by atoms with Gasteiger partial charge in [-0.25, -0.2) is 0 Å². The van der Waals surface area contributed by atoms with Gasteiger partial charge in [-0.15, -0.1) is 11.8 Å². The van der Waals surface area contributed by atoms with Crippen molar-refractivity contribution < 1.29 is 18.3 Å². The number of halogens is 3. The van der Waals surface area contributed by atoms with Gasteiger partial charge < -0.3 is 5.11 Å². The van der Waals surface area contributed by atoms with Gasteiger partial charge in [-0.2, -0.15) is 18.3 Å². The molecule has 0 fully saturated rings. The molecule has 0 aliphatic rings. The fourth-order valence-corrected chi connectivity index (χ4v) is 2.49. The number of aliphatic hydroxyl groups excluding tert-OH is 1. The van der Waals surface area contributed by atoms with E-state index in [0.29, 0.717) is 5.56 Å². The first-order valence-corrected chi connectivity index (χ1v) is 7.52. The van der Waals surface area contributed by atoms with E-state index in [1.165, 1.54) is 6.92 Å². The second-order valence-electron chi connectivity index (χ2n) is 4.71. The molecule has 1 atom stereocenters. The highest BCUT2D eigenvalue weighted by Crippen LogP contribution is 2.36. The van der Waals surface area contributed by atoms with Crippen LogP contribution < -0.4 is 0 Å². The first-order chi connectivity index (χ1) is 9.82. The largest absolute Gasteiger partial charge is 0.433 e. The summed E-state index contributed by atoms with van der Waals surface area (Å²) < 4.78 is 39.0. The zero-order valence-electron chi connectivity index (χ0n) is 11.5. The average Bonchev–Trinajstić information content (AvgIpc) is 2.81. The predicted octanol–water partition coefficient (Wildman–Crippen LogP) is 3.74. The van der Waals surface area contributed by atoms with Crippen LogP contribution in [0.4, 0.5) is 13.2 Å². The van der Waals surface area contributed by atoms with Crippen LogP contribution in [0.15, 0.2) is 29.2 Å². The van der Waals surface area contributed by atoms with Gasteiger partial charge in [0, 0.05) is 22.4 Å². The van der Waals surface area contributed by atoms with Crippen molar-refractivity contribution in [1.29, 1.82) is 0 Å². The molecule has 0 saturated carbocycles. The monoisotopic (exact) mass is 316 g/mol. The highest BCUT2D eigenvalue weighted by Gasteiger charge is 2.37. The maximum absolute atomic E-state index is 13.0. The molecule has 1 heterocycles. The van der Waals surface area contributed by atoms with Crippen LogP contribution in [0.5, 0.6) is 0 Å². The molecule has 1 aromatic heterocycles. The number of hydrogen-bond donors (Lipinski definition) is 2. The normalized spacial score (nSPS) is 13.4. The number of aromatic amines is 1.